The Morgan fingerprint density at radius 2 is 1.86 bits per heavy atom. The van der Waals surface area contributed by atoms with Crippen molar-refractivity contribution >= 4 is 11.9 Å². The van der Waals surface area contributed by atoms with Crippen LogP contribution in [0.5, 0.6) is 0 Å². The fourth-order valence-corrected chi connectivity index (χ4v) is 2.68. The maximum Gasteiger partial charge on any atom is 0.314 e. The minimum absolute atomic E-state index is 0.0128. The fourth-order valence-electron chi connectivity index (χ4n) is 2.68. The first-order chi connectivity index (χ1) is 10.4. The fraction of sp³-hybridized carbons (Fsp3) is 0.529. The Balaban J connectivity index is 1.77. The zero-order valence-corrected chi connectivity index (χ0v) is 13.6. The molecule has 0 spiro atoms. The summed E-state index contributed by atoms with van der Waals surface area (Å²) in [6.07, 6.45) is 2.54. The largest absolute Gasteiger partial charge is 0.349 e. The Morgan fingerprint density at radius 1 is 1.18 bits per heavy atom. The second kappa shape index (κ2) is 6.81. The normalized spacial score (nSPS) is 15.0. The number of carbonyl (C=O) groups excluding carboxylic acids is 2. The molecular formula is C17H25N3O2. The number of carbonyl (C=O) groups is 2. The summed E-state index contributed by atoms with van der Waals surface area (Å²) in [5, 5.41) is 5.68. The van der Waals surface area contributed by atoms with Crippen molar-refractivity contribution in [2.45, 2.75) is 31.6 Å². The third-order valence-electron chi connectivity index (χ3n) is 4.28. The van der Waals surface area contributed by atoms with E-state index < -0.39 is 0 Å². The van der Waals surface area contributed by atoms with Gasteiger partial charge >= 0.3 is 6.03 Å². The number of amides is 3. The minimum Gasteiger partial charge on any atom is -0.349 e. The zero-order valence-electron chi connectivity index (χ0n) is 13.6. The van der Waals surface area contributed by atoms with Gasteiger partial charge in [0.2, 0.25) is 5.91 Å². The first-order valence-electron chi connectivity index (χ1n) is 7.72. The van der Waals surface area contributed by atoms with Gasteiger partial charge in [-0.05, 0) is 30.9 Å². The summed E-state index contributed by atoms with van der Waals surface area (Å²) in [5.74, 6) is 0.0128. The molecule has 0 aliphatic heterocycles. The highest BCUT2D eigenvalue weighted by molar-refractivity contribution is 5.78. The van der Waals surface area contributed by atoms with E-state index in [-0.39, 0.29) is 17.4 Å². The van der Waals surface area contributed by atoms with E-state index in [4.69, 9.17) is 0 Å². The van der Waals surface area contributed by atoms with Crippen LogP contribution in [0.4, 0.5) is 4.79 Å². The average Bonchev–Trinajstić information content (AvgIpc) is 3.26. The van der Waals surface area contributed by atoms with E-state index in [1.165, 1.54) is 16.0 Å². The van der Waals surface area contributed by atoms with Crippen LogP contribution >= 0.6 is 0 Å². The number of aryl methyl sites for hydroxylation is 1. The van der Waals surface area contributed by atoms with E-state index in [2.05, 4.69) is 35.8 Å². The molecule has 0 aromatic heterocycles. The summed E-state index contributed by atoms with van der Waals surface area (Å²) in [6.45, 7) is 3.12. The highest BCUT2D eigenvalue weighted by Gasteiger charge is 2.45. The molecule has 2 N–H and O–H groups in total. The van der Waals surface area contributed by atoms with Gasteiger partial charge in [0.25, 0.3) is 0 Å². The molecule has 22 heavy (non-hydrogen) atoms. The third-order valence-corrected chi connectivity index (χ3v) is 4.28. The highest BCUT2D eigenvalue weighted by Crippen LogP contribution is 2.48. The molecule has 0 bridgehead atoms. The van der Waals surface area contributed by atoms with Crippen molar-refractivity contribution in [1.82, 2.24) is 15.5 Å². The number of hydrogen-bond donors (Lipinski definition) is 2. The molecule has 0 radical (unpaired) electrons. The van der Waals surface area contributed by atoms with Crippen LogP contribution in [0.25, 0.3) is 0 Å². The summed E-state index contributed by atoms with van der Waals surface area (Å²) in [6, 6.07) is 8.15. The lowest BCUT2D eigenvalue weighted by Crippen LogP contribution is -2.41. The smallest absolute Gasteiger partial charge is 0.314 e. The van der Waals surface area contributed by atoms with E-state index in [1.54, 1.807) is 14.1 Å². The number of benzene rings is 1. The van der Waals surface area contributed by atoms with Gasteiger partial charge in [-0.2, -0.15) is 0 Å². The van der Waals surface area contributed by atoms with Crippen LogP contribution in [0.1, 0.15) is 30.4 Å². The molecule has 0 saturated heterocycles. The van der Waals surface area contributed by atoms with Crippen LogP contribution < -0.4 is 10.6 Å². The Morgan fingerprint density at radius 3 is 2.45 bits per heavy atom. The lowest BCUT2D eigenvalue weighted by Gasteiger charge is -2.19. The van der Waals surface area contributed by atoms with Crippen LogP contribution in [0, 0.1) is 6.92 Å². The quantitative estimate of drug-likeness (QED) is 0.842. The number of rotatable bonds is 6. The molecule has 5 nitrogen and oxygen atoms in total. The van der Waals surface area contributed by atoms with Crippen LogP contribution in [0.15, 0.2) is 24.3 Å². The highest BCUT2D eigenvalue weighted by atomic mass is 16.2. The molecule has 2 rings (SSSR count). The lowest BCUT2D eigenvalue weighted by molar-refractivity contribution is -0.128. The SMILES string of the molecule is Cc1ccccc1C1(CNC(=O)NCCC(=O)N(C)C)CC1. The summed E-state index contributed by atoms with van der Waals surface area (Å²) in [4.78, 5) is 24.8. The predicted molar refractivity (Wildman–Crippen MR) is 86.8 cm³/mol. The van der Waals surface area contributed by atoms with Gasteiger partial charge in [0.15, 0.2) is 0 Å². The number of hydrogen-bond acceptors (Lipinski definition) is 2. The van der Waals surface area contributed by atoms with Gasteiger partial charge < -0.3 is 15.5 Å². The molecule has 5 heteroatoms. The standard InChI is InChI=1S/C17H25N3O2/c1-13-6-4-5-7-14(13)17(9-10-17)12-19-16(22)18-11-8-15(21)20(2)3/h4-7H,8-12H2,1-3H3,(H2,18,19,22). The van der Waals surface area contributed by atoms with Crippen molar-refractivity contribution < 1.29 is 9.59 Å². The van der Waals surface area contributed by atoms with E-state index in [1.807, 2.05) is 6.07 Å². The molecule has 1 aromatic carbocycles. The second-order valence-electron chi connectivity index (χ2n) is 6.24. The Bertz CT molecular complexity index is 551. The van der Waals surface area contributed by atoms with Crippen molar-refractivity contribution in [3.8, 4) is 0 Å². The monoisotopic (exact) mass is 303 g/mol. The molecule has 3 amide bonds. The van der Waals surface area contributed by atoms with Gasteiger partial charge in [0.05, 0.1) is 0 Å². The van der Waals surface area contributed by atoms with Gasteiger partial charge in [-0.3, -0.25) is 4.79 Å². The summed E-state index contributed by atoms with van der Waals surface area (Å²) in [5.41, 5.74) is 2.71. The molecule has 1 aliphatic carbocycles. The third kappa shape index (κ3) is 4.00. The molecule has 1 aliphatic rings. The van der Waals surface area contributed by atoms with Crippen molar-refractivity contribution in [1.29, 1.82) is 0 Å². The van der Waals surface area contributed by atoms with Crippen LogP contribution in [0.2, 0.25) is 0 Å². The summed E-state index contributed by atoms with van der Waals surface area (Å²) >= 11 is 0. The van der Waals surface area contributed by atoms with Crippen molar-refractivity contribution in [3.63, 3.8) is 0 Å². The number of urea groups is 1. The maximum absolute atomic E-state index is 11.8. The molecule has 120 valence electrons. The van der Waals surface area contributed by atoms with Crippen LogP contribution in [-0.4, -0.2) is 44.0 Å². The first kappa shape index (κ1) is 16.3. The number of nitrogens with one attached hydrogen (secondary N) is 2. The molecule has 0 heterocycles. The van der Waals surface area contributed by atoms with Crippen molar-refractivity contribution in [3.05, 3.63) is 35.4 Å². The molecule has 1 saturated carbocycles. The van der Waals surface area contributed by atoms with Gasteiger partial charge in [-0.15, -0.1) is 0 Å². The zero-order chi connectivity index (χ0) is 16.2. The Hall–Kier alpha value is -2.04. The van der Waals surface area contributed by atoms with Crippen molar-refractivity contribution in [2.75, 3.05) is 27.2 Å². The molecule has 1 fully saturated rings. The number of nitrogens with zero attached hydrogens (tertiary/aromatic N) is 1. The predicted octanol–water partition coefficient (Wildman–Crippen LogP) is 1.80. The summed E-state index contributed by atoms with van der Waals surface area (Å²) in [7, 11) is 3.42. The first-order valence-corrected chi connectivity index (χ1v) is 7.72. The summed E-state index contributed by atoms with van der Waals surface area (Å²) < 4.78 is 0. The molecule has 0 atom stereocenters. The average molecular weight is 303 g/mol. The Kier molecular flexibility index (Phi) is 5.06. The molecule has 1 aromatic rings. The topological polar surface area (TPSA) is 61.4 Å². The van der Waals surface area contributed by atoms with Gasteiger partial charge in [0.1, 0.15) is 0 Å². The van der Waals surface area contributed by atoms with Crippen LogP contribution in [-0.2, 0) is 10.2 Å². The van der Waals surface area contributed by atoms with Gasteiger partial charge in [-0.1, -0.05) is 24.3 Å². The van der Waals surface area contributed by atoms with Gasteiger partial charge in [0, 0.05) is 39.0 Å². The Labute approximate surface area is 132 Å². The second-order valence-corrected chi connectivity index (χ2v) is 6.24. The lowest BCUT2D eigenvalue weighted by atomic mass is 9.92. The maximum atomic E-state index is 11.8. The minimum atomic E-state index is -0.202. The van der Waals surface area contributed by atoms with E-state index in [0.29, 0.717) is 19.5 Å². The van der Waals surface area contributed by atoms with E-state index in [9.17, 15) is 9.59 Å². The van der Waals surface area contributed by atoms with Gasteiger partial charge in [-0.25, -0.2) is 4.79 Å². The molecular weight excluding hydrogens is 278 g/mol. The molecule has 0 unspecified atom stereocenters. The van der Waals surface area contributed by atoms with Crippen LogP contribution in [0.3, 0.4) is 0 Å². The van der Waals surface area contributed by atoms with E-state index in [0.717, 1.165) is 12.8 Å². The van der Waals surface area contributed by atoms with E-state index >= 15 is 0 Å². The van der Waals surface area contributed by atoms with Crippen molar-refractivity contribution in [2.24, 2.45) is 0 Å².